The van der Waals surface area contributed by atoms with Gasteiger partial charge in [-0.3, -0.25) is 4.79 Å². The van der Waals surface area contributed by atoms with E-state index < -0.39 is 5.97 Å². The number of carbonyl (C=O) groups excluding carboxylic acids is 1. The van der Waals surface area contributed by atoms with Gasteiger partial charge in [0.2, 0.25) is 0 Å². The smallest absolute Gasteiger partial charge is 0.339 e. The fraction of sp³-hybridized carbons (Fsp3) is 0.0667. The first-order chi connectivity index (χ1) is 10.1. The van der Waals surface area contributed by atoms with Gasteiger partial charge >= 0.3 is 5.97 Å². The Hall–Kier alpha value is -3.02. The molecule has 3 N–H and O–H groups in total. The molecule has 1 amide bonds. The lowest BCUT2D eigenvalue weighted by molar-refractivity contribution is -0.118. The lowest BCUT2D eigenvalue weighted by Crippen LogP contribution is -2.25. The van der Waals surface area contributed by atoms with Gasteiger partial charge in [0.05, 0.1) is 5.69 Å². The number of rotatable bonds is 2. The molecule has 0 atom stereocenters. The molecule has 21 heavy (non-hydrogen) atoms. The average Bonchev–Trinajstić information content (AvgIpc) is 2.46. The number of aromatic carboxylic acids is 1. The van der Waals surface area contributed by atoms with Crippen molar-refractivity contribution < 1.29 is 24.5 Å². The molecule has 1 aliphatic heterocycles. The number of ether oxygens (including phenoxy) is 1. The van der Waals surface area contributed by atoms with Crippen LogP contribution >= 0.6 is 0 Å². The van der Waals surface area contributed by atoms with Crippen molar-refractivity contribution in [1.29, 1.82) is 0 Å². The highest BCUT2D eigenvalue weighted by Crippen LogP contribution is 2.39. The van der Waals surface area contributed by atoms with Gasteiger partial charge in [-0.15, -0.1) is 0 Å². The van der Waals surface area contributed by atoms with Gasteiger partial charge in [0.25, 0.3) is 5.91 Å². The first-order valence-corrected chi connectivity index (χ1v) is 6.18. The number of aromatic hydroxyl groups is 1. The number of anilines is 1. The summed E-state index contributed by atoms with van der Waals surface area (Å²) in [6, 6.07) is 9.48. The van der Waals surface area contributed by atoms with Gasteiger partial charge in [0.1, 0.15) is 11.3 Å². The molecular formula is C15H11NO5. The molecule has 0 spiro atoms. The molecule has 0 radical (unpaired) electrons. The maximum absolute atomic E-state index is 11.3. The summed E-state index contributed by atoms with van der Waals surface area (Å²) in [5.41, 5.74) is 1.58. The van der Waals surface area contributed by atoms with E-state index in [9.17, 15) is 14.7 Å². The van der Waals surface area contributed by atoms with Crippen molar-refractivity contribution in [1.82, 2.24) is 0 Å². The molecule has 2 aromatic rings. The highest BCUT2D eigenvalue weighted by molar-refractivity contribution is 5.98. The summed E-state index contributed by atoms with van der Waals surface area (Å²) >= 11 is 0. The second-order valence-corrected chi connectivity index (χ2v) is 4.56. The van der Waals surface area contributed by atoms with Gasteiger partial charge in [-0.05, 0) is 23.8 Å². The van der Waals surface area contributed by atoms with Gasteiger partial charge in [0.15, 0.2) is 12.4 Å². The van der Waals surface area contributed by atoms with E-state index in [1.807, 2.05) is 0 Å². The summed E-state index contributed by atoms with van der Waals surface area (Å²) < 4.78 is 5.43. The third-order valence-corrected chi connectivity index (χ3v) is 3.17. The highest BCUT2D eigenvalue weighted by Gasteiger charge is 2.20. The number of benzene rings is 2. The normalized spacial score (nSPS) is 13.0. The summed E-state index contributed by atoms with van der Waals surface area (Å²) in [5.74, 6) is -1.27. The molecule has 6 heteroatoms. The number of carboxylic acid groups (broad SMARTS) is 1. The minimum atomic E-state index is -1.21. The second-order valence-electron chi connectivity index (χ2n) is 4.56. The number of phenols is 1. The molecule has 2 aromatic carbocycles. The molecule has 0 bridgehead atoms. The maximum Gasteiger partial charge on any atom is 0.339 e. The van der Waals surface area contributed by atoms with Crippen LogP contribution in [0.25, 0.3) is 11.1 Å². The number of hydrogen-bond acceptors (Lipinski definition) is 4. The van der Waals surface area contributed by atoms with Crippen LogP contribution in [0.3, 0.4) is 0 Å². The third kappa shape index (κ3) is 2.27. The summed E-state index contributed by atoms with van der Waals surface area (Å²) in [6.07, 6.45) is 0. The standard InChI is InChI=1S/C15H11NO5/c17-12-5-4-8(6-10(12)15(19)20)9-2-1-3-11-14(9)21-7-13(18)16-11/h1-6,17H,7H2,(H,16,18)(H,19,20). The van der Waals surface area contributed by atoms with E-state index in [0.717, 1.165) is 0 Å². The first-order valence-electron chi connectivity index (χ1n) is 6.18. The minimum absolute atomic E-state index is 0.0894. The summed E-state index contributed by atoms with van der Waals surface area (Å²) in [5, 5.41) is 21.3. The maximum atomic E-state index is 11.3. The fourth-order valence-corrected chi connectivity index (χ4v) is 2.22. The van der Waals surface area contributed by atoms with Crippen LogP contribution in [0.4, 0.5) is 5.69 Å². The molecule has 6 nitrogen and oxygen atoms in total. The van der Waals surface area contributed by atoms with Crippen molar-refractivity contribution in [3.63, 3.8) is 0 Å². The number of fused-ring (bicyclic) bond motifs is 1. The minimum Gasteiger partial charge on any atom is -0.507 e. The Morgan fingerprint density at radius 2 is 2.05 bits per heavy atom. The van der Waals surface area contributed by atoms with Gasteiger partial charge < -0.3 is 20.3 Å². The van der Waals surface area contributed by atoms with E-state index in [1.54, 1.807) is 24.3 Å². The summed E-state index contributed by atoms with van der Waals surface area (Å²) in [7, 11) is 0. The van der Waals surface area contributed by atoms with Crippen LogP contribution in [0.5, 0.6) is 11.5 Å². The quantitative estimate of drug-likeness (QED) is 0.785. The number of carbonyl (C=O) groups is 2. The topological polar surface area (TPSA) is 95.9 Å². The average molecular weight is 285 g/mol. The van der Waals surface area contributed by atoms with Crippen molar-refractivity contribution in [3.05, 3.63) is 42.0 Å². The van der Waals surface area contributed by atoms with Crippen LogP contribution in [0.2, 0.25) is 0 Å². The van der Waals surface area contributed by atoms with E-state index in [4.69, 9.17) is 9.84 Å². The third-order valence-electron chi connectivity index (χ3n) is 3.17. The second kappa shape index (κ2) is 4.82. The Labute approximate surface area is 119 Å². The monoisotopic (exact) mass is 285 g/mol. The largest absolute Gasteiger partial charge is 0.507 e. The Balaban J connectivity index is 2.14. The molecular weight excluding hydrogens is 274 g/mol. The lowest BCUT2D eigenvalue weighted by Gasteiger charge is -2.21. The zero-order chi connectivity index (χ0) is 15.0. The van der Waals surface area contributed by atoms with Gasteiger partial charge in [-0.1, -0.05) is 18.2 Å². The summed E-state index contributed by atoms with van der Waals surface area (Å²) in [6.45, 7) is -0.0894. The van der Waals surface area contributed by atoms with Crippen LogP contribution < -0.4 is 10.1 Å². The number of amides is 1. The molecule has 0 saturated heterocycles. The van der Waals surface area contributed by atoms with Crippen LogP contribution in [-0.2, 0) is 4.79 Å². The van der Waals surface area contributed by atoms with Crippen molar-refractivity contribution in [2.45, 2.75) is 0 Å². The van der Waals surface area contributed by atoms with Crippen LogP contribution in [0, 0.1) is 0 Å². The van der Waals surface area contributed by atoms with Gasteiger partial charge in [-0.2, -0.15) is 0 Å². The molecule has 0 aromatic heterocycles. The number of carboxylic acids is 1. The fourth-order valence-electron chi connectivity index (χ4n) is 2.22. The molecule has 1 heterocycles. The Morgan fingerprint density at radius 3 is 2.81 bits per heavy atom. The van der Waals surface area contributed by atoms with Crippen molar-refractivity contribution in [2.75, 3.05) is 11.9 Å². The van der Waals surface area contributed by atoms with Gasteiger partial charge in [-0.25, -0.2) is 4.79 Å². The predicted molar refractivity (Wildman–Crippen MR) is 74.6 cm³/mol. The predicted octanol–water partition coefficient (Wildman–Crippen LogP) is 2.09. The molecule has 3 rings (SSSR count). The Morgan fingerprint density at radius 1 is 1.24 bits per heavy atom. The zero-order valence-electron chi connectivity index (χ0n) is 10.8. The van der Waals surface area contributed by atoms with Crippen LogP contribution in [-0.4, -0.2) is 28.7 Å². The number of hydrogen-bond donors (Lipinski definition) is 3. The Bertz CT molecular complexity index is 754. The van der Waals surface area contributed by atoms with Crippen LogP contribution in [0.1, 0.15) is 10.4 Å². The SMILES string of the molecule is O=C1COc2c(cccc2-c2ccc(O)c(C(=O)O)c2)N1. The number of para-hydroxylation sites is 1. The van der Waals surface area contributed by atoms with E-state index >= 15 is 0 Å². The molecule has 0 fully saturated rings. The van der Waals surface area contributed by atoms with Crippen molar-refractivity contribution >= 4 is 17.6 Å². The van der Waals surface area contributed by atoms with E-state index in [2.05, 4.69) is 5.32 Å². The molecule has 0 unspecified atom stereocenters. The van der Waals surface area contributed by atoms with Crippen molar-refractivity contribution in [3.8, 4) is 22.6 Å². The van der Waals surface area contributed by atoms with Crippen molar-refractivity contribution in [2.24, 2.45) is 0 Å². The van der Waals surface area contributed by atoms with Crippen LogP contribution in [0.15, 0.2) is 36.4 Å². The molecule has 1 aliphatic rings. The van der Waals surface area contributed by atoms with E-state index in [-0.39, 0.29) is 23.8 Å². The van der Waals surface area contributed by atoms with E-state index in [1.165, 1.54) is 12.1 Å². The molecule has 0 aliphatic carbocycles. The molecule has 0 saturated carbocycles. The zero-order valence-corrected chi connectivity index (χ0v) is 10.8. The Kier molecular flexibility index (Phi) is 2.98. The van der Waals surface area contributed by atoms with E-state index in [0.29, 0.717) is 22.6 Å². The lowest BCUT2D eigenvalue weighted by atomic mass is 10.0. The number of nitrogens with one attached hydrogen (secondary N) is 1. The summed E-state index contributed by atoms with van der Waals surface area (Å²) in [4.78, 5) is 22.4. The highest BCUT2D eigenvalue weighted by atomic mass is 16.5. The van der Waals surface area contributed by atoms with Gasteiger partial charge in [0, 0.05) is 5.56 Å². The first kappa shape index (κ1) is 13.0. The molecule has 106 valence electrons.